The van der Waals surface area contributed by atoms with Gasteiger partial charge in [0.1, 0.15) is 10.8 Å². The van der Waals surface area contributed by atoms with Crippen LogP contribution >= 0.6 is 23.1 Å². The molecule has 172 valence electrons. The minimum atomic E-state index is -0.183. The Morgan fingerprint density at radius 2 is 2.12 bits per heavy atom. The first-order valence-corrected chi connectivity index (χ1v) is 12.1. The molecule has 0 radical (unpaired) electrons. The average Bonchev–Trinajstić information content (AvgIpc) is 3.58. The smallest absolute Gasteiger partial charge is 0.257 e. The SMILES string of the molecule is COCCN(Cc1nnc(-c2cccs2)o1)C(=O)c1cccnc1SCc1c(C)noc1C. The zero-order chi connectivity index (χ0) is 23.2. The molecule has 1 amide bonds. The van der Waals surface area contributed by atoms with E-state index in [1.165, 1.54) is 23.1 Å². The van der Waals surface area contributed by atoms with E-state index >= 15 is 0 Å². The summed E-state index contributed by atoms with van der Waals surface area (Å²) in [4.78, 5) is 20.5. The van der Waals surface area contributed by atoms with Crippen molar-refractivity contribution < 1.29 is 18.5 Å². The molecule has 0 aliphatic heterocycles. The van der Waals surface area contributed by atoms with Gasteiger partial charge >= 0.3 is 0 Å². The van der Waals surface area contributed by atoms with Crippen LogP contribution in [0.4, 0.5) is 0 Å². The van der Waals surface area contributed by atoms with E-state index in [9.17, 15) is 4.79 Å². The fourth-order valence-corrected chi connectivity index (χ4v) is 4.91. The summed E-state index contributed by atoms with van der Waals surface area (Å²) < 4.78 is 16.3. The van der Waals surface area contributed by atoms with E-state index < -0.39 is 0 Å². The third-order valence-corrected chi connectivity index (χ3v) is 6.80. The Morgan fingerprint density at radius 3 is 2.85 bits per heavy atom. The quantitative estimate of drug-likeness (QED) is 0.302. The molecular formula is C22H23N5O4S2. The van der Waals surface area contributed by atoms with Crippen LogP contribution in [0.1, 0.15) is 33.3 Å². The Kier molecular flexibility index (Phi) is 7.53. The number of carbonyl (C=O) groups is 1. The van der Waals surface area contributed by atoms with Crippen molar-refractivity contribution in [1.29, 1.82) is 0 Å². The fraction of sp³-hybridized carbons (Fsp3) is 0.318. The maximum absolute atomic E-state index is 13.5. The Balaban J connectivity index is 1.53. The van der Waals surface area contributed by atoms with Crippen LogP contribution in [-0.4, -0.2) is 51.4 Å². The summed E-state index contributed by atoms with van der Waals surface area (Å²) in [7, 11) is 1.60. The molecule has 0 unspecified atom stereocenters. The van der Waals surface area contributed by atoms with Gasteiger partial charge in [-0.3, -0.25) is 4.79 Å². The highest BCUT2D eigenvalue weighted by Crippen LogP contribution is 2.28. The zero-order valence-corrected chi connectivity index (χ0v) is 20.1. The molecular weight excluding hydrogens is 462 g/mol. The second-order valence-electron chi connectivity index (χ2n) is 7.15. The lowest BCUT2D eigenvalue weighted by atomic mass is 10.2. The molecule has 0 atom stereocenters. The van der Waals surface area contributed by atoms with E-state index in [1.807, 2.05) is 31.4 Å². The maximum Gasteiger partial charge on any atom is 0.257 e. The number of hydrogen-bond acceptors (Lipinski definition) is 10. The van der Waals surface area contributed by atoms with Gasteiger partial charge in [0.25, 0.3) is 11.8 Å². The second-order valence-corrected chi connectivity index (χ2v) is 9.06. The molecule has 0 N–H and O–H groups in total. The lowest BCUT2D eigenvalue weighted by Gasteiger charge is -2.21. The van der Waals surface area contributed by atoms with Gasteiger partial charge < -0.3 is 18.6 Å². The predicted octanol–water partition coefficient (Wildman–Crippen LogP) is 4.38. The minimum absolute atomic E-state index is 0.170. The predicted molar refractivity (Wildman–Crippen MR) is 124 cm³/mol. The molecule has 33 heavy (non-hydrogen) atoms. The Hall–Kier alpha value is -3.02. The topological polar surface area (TPSA) is 107 Å². The number of hydrogen-bond donors (Lipinski definition) is 0. The van der Waals surface area contributed by atoms with Crippen LogP contribution < -0.4 is 0 Å². The van der Waals surface area contributed by atoms with Gasteiger partial charge in [0.05, 0.1) is 29.3 Å². The Labute approximate surface area is 199 Å². The van der Waals surface area contributed by atoms with Gasteiger partial charge in [-0.05, 0) is 37.4 Å². The first-order chi connectivity index (χ1) is 16.1. The van der Waals surface area contributed by atoms with Crippen LogP contribution in [0.5, 0.6) is 0 Å². The molecule has 0 aromatic carbocycles. The molecule has 4 aromatic heterocycles. The van der Waals surface area contributed by atoms with Crippen LogP contribution in [0.3, 0.4) is 0 Å². The molecule has 4 aromatic rings. The number of carbonyl (C=O) groups excluding carboxylic acids is 1. The number of rotatable bonds is 10. The van der Waals surface area contributed by atoms with Gasteiger partial charge in [-0.1, -0.05) is 11.2 Å². The van der Waals surface area contributed by atoms with Gasteiger partial charge in [-0.25, -0.2) is 4.98 Å². The summed E-state index contributed by atoms with van der Waals surface area (Å²) >= 11 is 2.99. The van der Waals surface area contributed by atoms with Gasteiger partial charge in [0.15, 0.2) is 0 Å². The summed E-state index contributed by atoms with van der Waals surface area (Å²) in [6, 6.07) is 7.36. The zero-order valence-electron chi connectivity index (χ0n) is 18.5. The van der Waals surface area contributed by atoms with Gasteiger partial charge in [-0.2, -0.15) is 0 Å². The van der Waals surface area contributed by atoms with E-state index in [4.69, 9.17) is 13.7 Å². The number of amides is 1. The Morgan fingerprint density at radius 1 is 1.24 bits per heavy atom. The van der Waals surface area contributed by atoms with Crippen molar-refractivity contribution in [3.63, 3.8) is 0 Å². The second kappa shape index (κ2) is 10.7. The highest BCUT2D eigenvalue weighted by Gasteiger charge is 2.23. The minimum Gasteiger partial charge on any atom is -0.418 e. The number of thiophene rings is 1. The highest BCUT2D eigenvalue weighted by molar-refractivity contribution is 7.98. The van der Waals surface area contributed by atoms with Gasteiger partial charge in [-0.15, -0.1) is 33.3 Å². The van der Waals surface area contributed by atoms with Crippen molar-refractivity contribution in [2.24, 2.45) is 0 Å². The van der Waals surface area contributed by atoms with E-state index in [2.05, 4.69) is 20.3 Å². The molecule has 0 spiro atoms. The molecule has 0 saturated heterocycles. The molecule has 9 nitrogen and oxygen atoms in total. The molecule has 0 saturated carbocycles. The largest absolute Gasteiger partial charge is 0.418 e. The van der Waals surface area contributed by atoms with Crippen molar-refractivity contribution in [3.8, 4) is 10.8 Å². The summed E-state index contributed by atoms with van der Waals surface area (Å²) in [6.45, 7) is 4.69. The number of pyridine rings is 1. The first-order valence-electron chi connectivity index (χ1n) is 10.2. The van der Waals surface area contributed by atoms with Crippen LogP contribution in [-0.2, 0) is 17.0 Å². The number of aryl methyl sites for hydroxylation is 2. The maximum atomic E-state index is 13.5. The number of nitrogens with zero attached hydrogens (tertiary/aromatic N) is 5. The molecule has 4 heterocycles. The van der Waals surface area contributed by atoms with Gasteiger partial charge in [0.2, 0.25) is 5.89 Å². The summed E-state index contributed by atoms with van der Waals surface area (Å²) in [5.74, 6) is 1.98. The van der Waals surface area contributed by atoms with Crippen LogP contribution in [0, 0.1) is 13.8 Å². The average molecular weight is 486 g/mol. The van der Waals surface area contributed by atoms with E-state index in [-0.39, 0.29) is 12.5 Å². The molecule has 0 aliphatic carbocycles. The standard InChI is InChI=1S/C22H23N5O4S2/c1-14-17(15(2)31-26-14)13-33-21-16(6-4-8-23-21)22(28)27(9-10-29-3)12-19-24-25-20(30-19)18-7-5-11-32-18/h4-8,11H,9-10,12-13H2,1-3H3. The molecule has 0 bridgehead atoms. The summed E-state index contributed by atoms with van der Waals surface area (Å²) in [5, 5.41) is 14.8. The number of methoxy groups -OCH3 is 1. The molecule has 0 aliphatic rings. The van der Waals surface area contributed by atoms with Crippen LogP contribution in [0.15, 0.2) is 49.8 Å². The first kappa shape index (κ1) is 23.1. The van der Waals surface area contributed by atoms with Crippen molar-refractivity contribution in [2.75, 3.05) is 20.3 Å². The third-order valence-electron chi connectivity index (χ3n) is 4.91. The Bertz CT molecular complexity index is 1190. The fourth-order valence-electron chi connectivity index (χ4n) is 3.12. The number of aromatic nitrogens is 4. The summed E-state index contributed by atoms with van der Waals surface area (Å²) in [6.07, 6.45) is 1.68. The monoisotopic (exact) mass is 485 g/mol. The molecule has 0 fully saturated rings. The van der Waals surface area contributed by atoms with Crippen LogP contribution in [0.25, 0.3) is 10.8 Å². The highest BCUT2D eigenvalue weighted by atomic mass is 32.2. The third kappa shape index (κ3) is 5.49. The van der Waals surface area contributed by atoms with Gasteiger partial charge in [0, 0.05) is 31.2 Å². The number of thioether (sulfide) groups is 1. The van der Waals surface area contributed by atoms with E-state index in [1.54, 1.807) is 30.3 Å². The lowest BCUT2D eigenvalue weighted by molar-refractivity contribution is 0.0659. The molecule has 11 heteroatoms. The van der Waals surface area contributed by atoms with E-state index in [0.29, 0.717) is 41.3 Å². The summed E-state index contributed by atoms with van der Waals surface area (Å²) in [5.41, 5.74) is 2.35. The van der Waals surface area contributed by atoms with Crippen molar-refractivity contribution in [3.05, 3.63) is 64.3 Å². The van der Waals surface area contributed by atoms with Crippen LogP contribution in [0.2, 0.25) is 0 Å². The normalized spacial score (nSPS) is 11.1. The number of ether oxygens (including phenoxy) is 1. The lowest BCUT2D eigenvalue weighted by Crippen LogP contribution is -2.34. The van der Waals surface area contributed by atoms with Crippen molar-refractivity contribution >= 4 is 29.0 Å². The molecule has 4 rings (SSSR count). The van der Waals surface area contributed by atoms with Crippen molar-refractivity contribution in [1.82, 2.24) is 25.2 Å². The van der Waals surface area contributed by atoms with E-state index in [0.717, 1.165) is 21.9 Å². The van der Waals surface area contributed by atoms with Crippen molar-refractivity contribution in [2.45, 2.75) is 31.2 Å².